The molecule has 0 saturated heterocycles. The lowest BCUT2D eigenvalue weighted by molar-refractivity contribution is -0.275. The second kappa shape index (κ2) is 6.25. The number of hydrogen-bond acceptors (Lipinski definition) is 5. The summed E-state index contributed by atoms with van der Waals surface area (Å²) in [6.07, 6.45) is -5.23. The molecule has 0 unspecified atom stereocenters. The molecule has 21 heavy (non-hydrogen) atoms. The molecule has 0 fully saturated rings. The average molecular weight is 311 g/mol. The standard InChI is InChI=1S/C11H6F5NO4/c1-19-9(18)6-2-5(4-17)3-7(21-11(14,15)16)8(6)20-10(12)13/h2-3,10H,1H3. The van der Waals surface area contributed by atoms with Crippen molar-refractivity contribution in [3.8, 4) is 17.6 Å². The predicted octanol–water partition coefficient (Wildman–Crippen LogP) is 2.84. The van der Waals surface area contributed by atoms with Crippen LogP contribution in [0.25, 0.3) is 0 Å². The van der Waals surface area contributed by atoms with Gasteiger partial charge in [-0.1, -0.05) is 0 Å². The molecule has 0 aliphatic heterocycles. The molecule has 0 amide bonds. The maximum atomic E-state index is 12.3. The number of carbonyl (C=O) groups is 1. The summed E-state index contributed by atoms with van der Waals surface area (Å²) in [7, 11) is 0.873. The molecule has 0 bridgehead atoms. The normalized spacial score (nSPS) is 11.0. The first kappa shape index (κ1) is 16.5. The molecular weight excluding hydrogens is 305 g/mol. The van der Waals surface area contributed by atoms with Gasteiger partial charge in [-0.05, 0) is 6.07 Å². The van der Waals surface area contributed by atoms with Crippen LogP contribution >= 0.6 is 0 Å². The van der Waals surface area contributed by atoms with Crippen molar-refractivity contribution >= 4 is 5.97 Å². The number of carbonyl (C=O) groups excluding carboxylic acids is 1. The van der Waals surface area contributed by atoms with Crippen molar-refractivity contribution < 1.29 is 41.0 Å². The Bertz CT molecular complexity index is 579. The summed E-state index contributed by atoms with van der Waals surface area (Å²) in [5.41, 5.74) is -1.23. The van der Waals surface area contributed by atoms with Gasteiger partial charge in [-0.15, -0.1) is 13.2 Å². The Hall–Kier alpha value is -2.57. The number of rotatable bonds is 4. The van der Waals surface area contributed by atoms with Crippen LogP contribution in [-0.4, -0.2) is 26.1 Å². The zero-order valence-corrected chi connectivity index (χ0v) is 10.2. The van der Waals surface area contributed by atoms with Crippen LogP contribution in [0.1, 0.15) is 15.9 Å². The Labute approximate surface area is 114 Å². The van der Waals surface area contributed by atoms with E-state index in [1.165, 1.54) is 6.07 Å². The number of nitrogens with zero attached hydrogens (tertiary/aromatic N) is 1. The van der Waals surface area contributed by atoms with Gasteiger partial charge >= 0.3 is 18.9 Å². The summed E-state index contributed by atoms with van der Waals surface area (Å²) in [5.74, 6) is -3.69. The molecule has 10 heteroatoms. The first-order chi connectivity index (χ1) is 9.67. The van der Waals surface area contributed by atoms with E-state index in [4.69, 9.17) is 5.26 Å². The lowest BCUT2D eigenvalue weighted by Gasteiger charge is -2.16. The molecule has 0 spiro atoms. The van der Waals surface area contributed by atoms with Crippen LogP contribution in [0.5, 0.6) is 11.5 Å². The smallest absolute Gasteiger partial charge is 0.465 e. The van der Waals surface area contributed by atoms with Gasteiger partial charge in [-0.2, -0.15) is 14.0 Å². The molecule has 0 heterocycles. The summed E-state index contributed by atoms with van der Waals surface area (Å²) in [6.45, 7) is -3.52. The molecule has 0 aliphatic rings. The summed E-state index contributed by atoms with van der Waals surface area (Å²) >= 11 is 0. The van der Waals surface area contributed by atoms with Gasteiger partial charge in [-0.25, -0.2) is 4.79 Å². The van der Waals surface area contributed by atoms with Crippen molar-refractivity contribution in [2.24, 2.45) is 0 Å². The van der Waals surface area contributed by atoms with E-state index in [0.29, 0.717) is 6.07 Å². The van der Waals surface area contributed by atoms with Crippen molar-refractivity contribution in [2.75, 3.05) is 7.11 Å². The fraction of sp³-hybridized carbons (Fsp3) is 0.273. The number of nitriles is 1. The monoisotopic (exact) mass is 311 g/mol. The second-order valence-corrected chi connectivity index (χ2v) is 3.38. The average Bonchev–Trinajstić information content (AvgIpc) is 2.37. The molecular formula is C11H6F5NO4. The van der Waals surface area contributed by atoms with E-state index in [1.54, 1.807) is 0 Å². The highest BCUT2D eigenvalue weighted by Gasteiger charge is 2.35. The van der Waals surface area contributed by atoms with E-state index in [1.807, 2.05) is 0 Å². The van der Waals surface area contributed by atoms with E-state index in [0.717, 1.165) is 13.2 Å². The molecule has 1 aromatic rings. The van der Waals surface area contributed by atoms with Gasteiger partial charge in [0.1, 0.15) is 5.56 Å². The van der Waals surface area contributed by atoms with E-state index in [2.05, 4.69) is 14.2 Å². The Morgan fingerprint density at radius 2 is 1.95 bits per heavy atom. The fourth-order valence-corrected chi connectivity index (χ4v) is 1.34. The van der Waals surface area contributed by atoms with Gasteiger partial charge in [0.05, 0.1) is 18.7 Å². The van der Waals surface area contributed by atoms with Gasteiger partial charge in [0.15, 0.2) is 11.5 Å². The summed E-state index contributed by atoms with van der Waals surface area (Å²) in [5, 5.41) is 8.68. The van der Waals surface area contributed by atoms with Crippen molar-refractivity contribution in [1.29, 1.82) is 5.26 Å². The third-order valence-corrected chi connectivity index (χ3v) is 2.02. The molecule has 0 N–H and O–H groups in total. The maximum Gasteiger partial charge on any atom is 0.573 e. The first-order valence-corrected chi connectivity index (χ1v) is 5.05. The van der Waals surface area contributed by atoms with Gasteiger partial charge in [-0.3, -0.25) is 0 Å². The molecule has 0 aliphatic carbocycles. The summed E-state index contributed by atoms with van der Waals surface area (Å²) < 4.78 is 72.9. The minimum atomic E-state index is -5.23. The lowest BCUT2D eigenvalue weighted by atomic mass is 10.1. The summed E-state index contributed by atoms with van der Waals surface area (Å²) in [4.78, 5) is 11.4. The Morgan fingerprint density at radius 1 is 1.33 bits per heavy atom. The SMILES string of the molecule is COC(=O)c1cc(C#N)cc(OC(F)(F)F)c1OC(F)F. The van der Waals surface area contributed by atoms with Crippen molar-refractivity contribution in [3.63, 3.8) is 0 Å². The van der Waals surface area contributed by atoms with Gasteiger partial charge < -0.3 is 14.2 Å². The molecule has 5 nitrogen and oxygen atoms in total. The number of esters is 1. The number of alkyl halides is 5. The van der Waals surface area contributed by atoms with Crippen LogP contribution in [0.2, 0.25) is 0 Å². The number of ether oxygens (including phenoxy) is 3. The molecule has 0 atom stereocenters. The van der Waals surface area contributed by atoms with Crippen LogP contribution in [0.3, 0.4) is 0 Å². The first-order valence-electron chi connectivity index (χ1n) is 5.05. The number of halogens is 5. The third kappa shape index (κ3) is 4.48. The van der Waals surface area contributed by atoms with E-state index in [9.17, 15) is 26.7 Å². The quantitative estimate of drug-likeness (QED) is 0.632. The molecule has 114 valence electrons. The van der Waals surface area contributed by atoms with Crippen LogP contribution in [0, 0.1) is 11.3 Å². The highest BCUT2D eigenvalue weighted by molar-refractivity contribution is 5.94. The molecule has 1 rings (SSSR count). The molecule has 0 aromatic heterocycles. The summed E-state index contributed by atoms with van der Waals surface area (Å²) in [6, 6.07) is 2.71. The Balaban J connectivity index is 3.50. The van der Waals surface area contributed by atoms with E-state index < -0.39 is 41.6 Å². The highest BCUT2D eigenvalue weighted by Crippen LogP contribution is 2.37. The van der Waals surface area contributed by atoms with E-state index >= 15 is 0 Å². The van der Waals surface area contributed by atoms with Crippen LogP contribution in [-0.2, 0) is 4.74 Å². The minimum Gasteiger partial charge on any atom is -0.465 e. The highest BCUT2D eigenvalue weighted by atomic mass is 19.4. The second-order valence-electron chi connectivity index (χ2n) is 3.38. The lowest BCUT2D eigenvalue weighted by Crippen LogP contribution is -2.19. The zero-order valence-electron chi connectivity index (χ0n) is 10.2. The maximum absolute atomic E-state index is 12.3. The van der Waals surface area contributed by atoms with E-state index in [-0.39, 0.29) is 0 Å². The number of hydrogen-bond donors (Lipinski definition) is 0. The Morgan fingerprint density at radius 3 is 2.38 bits per heavy atom. The topological polar surface area (TPSA) is 68.6 Å². The van der Waals surface area contributed by atoms with Gasteiger partial charge in [0.2, 0.25) is 0 Å². The number of methoxy groups -OCH3 is 1. The molecule has 1 aromatic carbocycles. The fourth-order valence-electron chi connectivity index (χ4n) is 1.34. The minimum absolute atomic E-state index is 0.434. The van der Waals surface area contributed by atoms with Crippen molar-refractivity contribution in [2.45, 2.75) is 13.0 Å². The largest absolute Gasteiger partial charge is 0.573 e. The zero-order chi connectivity index (χ0) is 16.2. The molecule has 0 saturated carbocycles. The van der Waals surface area contributed by atoms with Gasteiger partial charge in [0, 0.05) is 6.07 Å². The van der Waals surface area contributed by atoms with Crippen molar-refractivity contribution in [1.82, 2.24) is 0 Å². The predicted molar refractivity (Wildman–Crippen MR) is 55.8 cm³/mol. The number of benzene rings is 1. The van der Waals surface area contributed by atoms with Crippen LogP contribution in [0.15, 0.2) is 12.1 Å². The van der Waals surface area contributed by atoms with Crippen LogP contribution < -0.4 is 9.47 Å². The van der Waals surface area contributed by atoms with Crippen LogP contribution in [0.4, 0.5) is 22.0 Å². The molecule has 0 radical (unpaired) electrons. The third-order valence-electron chi connectivity index (χ3n) is 2.02. The van der Waals surface area contributed by atoms with Crippen molar-refractivity contribution in [3.05, 3.63) is 23.3 Å². The van der Waals surface area contributed by atoms with Gasteiger partial charge in [0.25, 0.3) is 0 Å². The Kier molecular flexibility index (Phi) is 4.91.